The molecular formula is C22H27N3O4S. The van der Waals surface area contributed by atoms with Gasteiger partial charge < -0.3 is 30.2 Å². The molecule has 0 radical (unpaired) electrons. The van der Waals surface area contributed by atoms with Gasteiger partial charge in [0.05, 0.1) is 31.7 Å². The highest BCUT2D eigenvalue weighted by molar-refractivity contribution is 7.80. The number of hydrogen-bond donors (Lipinski definition) is 3. The molecule has 1 aliphatic rings. The molecule has 3 rings (SSSR count). The summed E-state index contributed by atoms with van der Waals surface area (Å²) in [7, 11) is 1.62. The minimum Gasteiger partial charge on any atom is -0.497 e. The quantitative estimate of drug-likeness (QED) is 0.501. The second kappa shape index (κ2) is 10.2. The highest BCUT2D eigenvalue weighted by Gasteiger charge is 2.30. The summed E-state index contributed by atoms with van der Waals surface area (Å²) in [5.41, 5.74) is 2.07. The molecule has 3 N–H and O–H groups in total. The summed E-state index contributed by atoms with van der Waals surface area (Å²) >= 11 is 5.46. The van der Waals surface area contributed by atoms with Crippen LogP contribution in [0.2, 0.25) is 0 Å². The van der Waals surface area contributed by atoms with Crippen LogP contribution in [0.1, 0.15) is 26.7 Å². The number of carbonyl (C=O) groups is 1. The van der Waals surface area contributed by atoms with Crippen molar-refractivity contribution in [2.24, 2.45) is 5.92 Å². The number of thiocarbonyl (C=S) groups is 1. The number of ether oxygens (including phenoxy) is 3. The summed E-state index contributed by atoms with van der Waals surface area (Å²) in [6, 6.07) is 11.0. The van der Waals surface area contributed by atoms with Crippen LogP contribution in [0.4, 0.5) is 17.1 Å². The normalized spacial score (nSPS) is 12.6. The van der Waals surface area contributed by atoms with E-state index in [-0.39, 0.29) is 11.8 Å². The number of benzene rings is 2. The number of anilines is 3. The van der Waals surface area contributed by atoms with E-state index in [2.05, 4.69) is 16.0 Å². The smallest absolute Gasteiger partial charge is 0.227 e. The molecule has 0 heterocycles. The Morgan fingerprint density at radius 3 is 2.03 bits per heavy atom. The van der Waals surface area contributed by atoms with Crippen molar-refractivity contribution < 1.29 is 19.0 Å². The maximum atomic E-state index is 12.2. The third kappa shape index (κ3) is 5.76. The van der Waals surface area contributed by atoms with Crippen molar-refractivity contribution in [3.8, 4) is 17.2 Å². The molecule has 1 amide bonds. The Morgan fingerprint density at radius 2 is 1.53 bits per heavy atom. The van der Waals surface area contributed by atoms with Crippen LogP contribution in [0.15, 0.2) is 36.4 Å². The van der Waals surface area contributed by atoms with E-state index in [4.69, 9.17) is 26.4 Å². The summed E-state index contributed by atoms with van der Waals surface area (Å²) in [6.07, 6.45) is 1.86. The zero-order chi connectivity index (χ0) is 21.5. The summed E-state index contributed by atoms with van der Waals surface area (Å²) in [4.78, 5) is 12.2. The molecule has 1 aliphatic carbocycles. The standard InChI is InChI=1S/C22H27N3O4S/c1-4-28-19-13-18(25-22(30)23-15-8-10-16(27-3)11-9-15)20(29-5-2)12-17(19)24-21(26)14-6-7-14/h8-14H,4-7H2,1-3H3,(H,24,26)(H2,23,25,30). The lowest BCUT2D eigenvalue weighted by atomic mass is 10.2. The number of amides is 1. The molecule has 160 valence electrons. The van der Waals surface area contributed by atoms with Crippen LogP contribution in [0.5, 0.6) is 17.2 Å². The van der Waals surface area contributed by atoms with Crippen LogP contribution in [-0.2, 0) is 4.79 Å². The first-order valence-corrected chi connectivity index (χ1v) is 10.4. The van der Waals surface area contributed by atoms with E-state index in [1.807, 2.05) is 38.1 Å². The second-order valence-electron chi connectivity index (χ2n) is 6.78. The van der Waals surface area contributed by atoms with Crippen molar-refractivity contribution in [3.05, 3.63) is 36.4 Å². The van der Waals surface area contributed by atoms with Crippen molar-refractivity contribution in [1.82, 2.24) is 0 Å². The third-order valence-corrected chi connectivity index (χ3v) is 4.69. The molecule has 2 aromatic rings. The van der Waals surface area contributed by atoms with Gasteiger partial charge in [0.1, 0.15) is 17.2 Å². The maximum Gasteiger partial charge on any atom is 0.227 e. The molecular weight excluding hydrogens is 402 g/mol. The Hall–Kier alpha value is -3.00. The van der Waals surface area contributed by atoms with Gasteiger partial charge in [-0.15, -0.1) is 0 Å². The molecule has 0 aromatic heterocycles. The van der Waals surface area contributed by atoms with Crippen LogP contribution in [0, 0.1) is 5.92 Å². The maximum absolute atomic E-state index is 12.2. The van der Waals surface area contributed by atoms with Gasteiger partial charge in [-0.2, -0.15) is 0 Å². The first-order valence-electron chi connectivity index (χ1n) is 10.0. The van der Waals surface area contributed by atoms with Crippen LogP contribution >= 0.6 is 12.2 Å². The molecule has 30 heavy (non-hydrogen) atoms. The van der Waals surface area contributed by atoms with Crippen LogP contribution in [0.3, 0.4) is 0 Å². The van der Waals surface area contributed by atoms with Gasteiger partial charge in [-0.25, -0.2) is 0 Å². The fourth-order valence-electron chi connectivity index (χ4n) is 2.84. The van der Waals surface area contributed by atoms with Gasteiger partial charge in [0.2, 0.25) is 5.91 Å². The predicted molar refractivity (Wildman–Crippen MR) is 123 cm³/mol. The Labute approximate surface area is 182 Å². The van der Waals surface area contributed by atoms with Gasteiger partial charge in [0.15, 0.2) is 5.11 Å². The third-order valence-electron chi connectivity index (χ3n) is 4.48. The fourth-order valence-corrected chi connectivity index (χ4v) is 3.07. The van der Waals surface area contributed by atoms with Gasteiger partial charge in [-0.1, -0.05) is 0 Å². The lowest BCUT2D eigenvalue weighted by molar-refractivity contribution is -0.117. The molecule has 1 fully saturated rings. The predicted octanol–water partition coefficient (Wildman–Crippen LogP) is 4.65. The molecule has 7 nitrogen and oxygen atoms in total. The van der Waals surface area contributed by atoms with E-state index in [1.54, 1.807) is 19.2 Å². The van der Waals surface area contributed by atoms with Gasteiger partial charge in [-0.05, 0) is 63.2 Å². The Balaban J connectivity index is 1.79. The van der Waals surface area contributed by atoms with Gasteiger partial charge in [0.25, 0.3) is 0 Å². The Morgan fingerprint density at radius 1 is 0.967 bits per heavy atom. The Bertz CT molecular complexity index is 898. The van der Waals surface area contributed by atoms with E-state index < -0.39 is 0 Å². The minimum absolute atomic E-state index is 0.0100. The van der Waals surface area contributed by atoms with E-state index in [0.717, 1.165) is 24.3 Å². The number of nitrogens with one attached hydrogen (secondary N) is 3. The molecule has 0 saturated heterocycles. The van der Waals surface area contributed by atoms with E-state index in [0.29, 0.717) is 41.2 Å². The van der Waals surface area contributed by atoms with E-state index in [9.17, 15) is 4.79 Å². The molecule has 1 saturated carbocycles. The van der Waals surface area contributed by atoms with Gasteiger partial charge in [-0.3, -0.25) is 4.79 Å². The highest BCUT2D eigenvalue weighted by Crippen LogP contribution is 2.38. The van der Waals surface area contributed by atoms with Crippen molar-refractivity contribution in [3.63, 3.8) is 0 Å². The summed E-state index contributed by atoms with van der Waals surface area (Å²) in [6.45, 7) is 4.73. The van der Waals surface area contributed by atoms with E-state index >= 15 is 0 Å². The molecule has 0 bridgehead atoms. The summed E-state index contributed by atoms with van der Waals surface area (Å²) < 4.78 is 16.7. The van der Waals surface area contributed by atoms with Crippen LogP contribution in [-0.4, -0.2) is 31.3 Å². The molecule has 0 aliphatic heterocycles. The van der Waals surface area contributed by atoms with Crippen molar-refractivity contribution >= 4 is 40.3 Å². The number of methoxy groups -OCH3 is 1. The average Bonchev–Trinajstić information content (AvgIpc) is 3.57. The van der Waals surface area contributed by atoms with E-state index in [1.165, 1.54) is 0 Å². The van der Waals surface area contributed by atoms with Crippen molar-refractivity contribution in [1.29, 1.82) is 0 Å². The summed E-state index contributed by atoms with van der Waals surface area (Å²) in [5, 5.41) is 9.65. The molecule has 0 spiro atoms. The fraction of sp³-hybridized carbons (Fsp3) is 0.364. The number of rotatable bonds is 9. The van der Waals surface area contributed by atoms with Crippen molar-refractivity contribution in [2.45, 2.75) is 26.7 Å². The van der Waals surface area contributed by atoms with Crippen LogP contribution < -0.4 is 30.2 Å². The average molecular weight is 430 g/mol. The van der Waals surface area contributed by atoms with Gasteiger partial charge >= 0.3 is 0 Å². The van der Waals surface area contributed by atoms with Crippen LogP contribution in [0.25, 0.3) is 0 Å². The Kier molecular flexibility index (Phi) is 7.35. The molecule has 2 aromatic carbocycles. The lowest BCUT2D eigenvalue weighted by Gasteiger charge is -2.19. The second-order valence-corrected chi connectivity index (χ2v) is 7.19. The lowest BCUT2D eigenvalue weighted by Crippen LogP contribution is -2.20. The SMILES string of the molecule is CCOc1cc(NC(=S)Nc2ccc(OC)cc2)c(OCC)cc1NC(=O)C1CC1. The van der Waals surface area contributed by atoms with Crippen molar-refractivity contribution in [2.75, 3.05) is 36.3 Å². The molecule has 0 atom stereocenters. The first-order chi connectivity index (χ1) is 14.5. The largest absolute Gasteiger partial charge is 0.497 e. The number of hydrogen-bond acceptors (Lipinski definition) is 5. The zero-order valence-corrected chi connectivity index (χ0v) is 18.2. The topological polar surface area (TPSA) is 80.8 Å². The molecule has 8 heteroatoms. The highest BCUT2D eigenvalue weighted by atomic mass is 32.1. The first kappa shape index (κ1) is 21.7. The monoisotopic (exact) mass is 429 g/mol. The van der Waals surface area contributed by atoms with Gasteiger partial charge in [0, 0.05) is 23.7 Å². The minimum atomic E-state index is 0.0100. The number of carbonyl (C=O) groups excluding carboxylic acids is 1. The zero-order valence-electron chi connectivity index (χ0n) is 17.4. The molecule has 0 unspecified atom stereocenters. The summed E-state index contributed by atoms with van der Waals surface area (Å²) in [5.74, 6) is 2.00.